The van der Waals surface area contributed by atoms with Crippen LogP contribution in [0.15, 0.2) is 34.1 Å². The van der Waals surface area contributed by atoms with Crippen LogP contribution in [-0.4, -0.2) is 80.1 Å². The number of hydrogen-bond acceptors (Lipinski definition) is 6. The van der Waals surface area contributed by atoms with E-state index in [2.05, 4.69) is 17.1 Å². The van der Waals surface area contributed by atoms with Gasteiger partial charge >= 0.3 is 0 Å². The molecule has 1 aromatic carbocycles. The number of rotatable bonds is 8. The van der Waals surface area contributed by atoms with E-state index in [0.717, 1.165) is 25.9 Å². The Hall–Kier alpha value is -2.27. The zero-order valence-corrected chi connectivity index (χ0v) is 21.5. The average Bonchev–Trinajstić information content (AvgIpc) is 2.89. The van der Waals surface area contributed by atoms with E-state index in [1.165, 1.54) is 41.9 Å². The largest absolute Gasteiger partial charge is 0.379 e. The molecular weight excluding hydrogens is 468 g/mol. The van der Waals surface area contributed by atoms with Gasteiger partial charge in [-0.15, -0.1) is 0 Å². The second kappa shape index (κ2) is 11.2. The summed E-state index contributed by atoms with van der Waals surface area (Å²) in [5, 5.41) is 3.10. The number of fused-ring (bicyclic) bond motifs is 1. The highest BCUT2D eigenvalue weighted by atomic mass is 32.2. The predicted molar refractivity (Wildman–Crippen MR) is 135 cm³/mol. The molecule has 3 heterocycles. The van der Waals surface area contributed by atoms with Crippen molar-refractivity contribution in [2.75, 3.05) is 45.9 Å². The number of morpholine rings is 1. The molecule has 2 aromatic rings. The molecule has 35 heavy (non-hydrogen) atoms. The Labute approximate surface area is 207 Å². The SMILES string of the molecule is CC[C@H]1CCCCN1CCCNC(=O)c1cn(C)c2ccc(S(=O)(=O)N3CCOCC3)cc2c1=O. The molecule has 0 bridgehead atoms. The summed E-state index contributed by atoms with van der Waals surface area (Å²) in [5.41, 5.74) is 0.130. The zero-order chi connectivity index (χ0) is 25.0. The van der Waals surface area contributed by atoms with Crippen molar-refractivity contribution in [2.45, 2.75) is 50.0 Å². The summed E-state index contributed by atoms with van der Waals surface area (Å²) in [6, 6.07) is 5.14. The fourth-order valence-electron chi connectivity index (χ4n) is 5.13. The molecule has 2 aliphatic heterocycles. The first kappa shape index (κ1) is 25.8. The summed E-state index contributed by atoms with van der Waals surface area (Å²) in [4.78, 5) is 28.7. The van der Waals surface area contributed by atoms with E-state index in [9.17, 15) is 18.0 Å². The van der Waals surface area contributed by atoms with Gasteiger partial charge in [0.2, 0.25) is 15.5 Å². The highest BCUT2D eigenvalue weighted by Gasteiger charge is 2.27. The van der Waals surface area contributed by atoms with E-state index in [1.54, 1.807) is 17.7 Å². The third-order valence-electron chi connectivity index (χ3n) is 7.14. The minimum atomic E-state index is -3.75. The number of aromatic nitrogens is 1. The van der Waals surface area contributed by atoms with E-state index in [-0.39, 0.29) is 28.9 Å². The van der Waals surface area contributed by atoms with E-state index in [1.807, 2.05) is 0 Å². The number of nitrogens with zero attached hydrogens (tertiary/aromatic N) is 3. The van der Waals surface area contributed by atoms with Crippen molar-refractivity contribution >= 4 is 26.8 Å². The van der Waals surface area contributed by atoms with Crippen LogP contribution in [-0.2, 0) is 21.8 Å². The Morgan fingerprint density at radius 2 is 1.94 bits per heavy atom. The summed E-state index contributed by atoms with van der Waals surface area (Å²) >= 11 is 0. The number of sulfonamides is 1. The molecule has 1 N–H and O–H groups in total. The number of nitrogens with one attached hydrogen (secondary N) is 1. The molecule has 2 aliphatic rings. The topological polar surface area (TPSA) is 101 Å². The highest BCUT2D eigenvalue weighted by molar-refractivity contribution is 7.89. The lowest BCUT2D eigenvalue weighted by Gasteiger charge is -2.35. The lowest BCUT2D eigenvalue weighted by Crippen LogP contribution is -2.41. The lowest BCUT2D eigenvalue weighted by molar-refractivity contribution is 0.0730. The molecule has 1 atom stereocenters. The van der Waals surface area contributed by atoms with E-state index in [4.69, 9.17) is 4.74 Å². The molecule has 0 aliphatic carbocycles. The van der Waals surface area contributed by atoms with Gasteiger partial charge in [0.25, 0.3) is 5.91 Å². The number of carbonyl (C=O) groups is 1. The van der Waals surface area contributed by atoms with Gasteiger partial charge in [0.15, 0.2) is 0 Å². The first-order valence-electron chi connectivity index (χ1n) is 12.6. The van der Waals surface area contributed by atoms with E-state index in [0.29, 0.717) is 31.3 Å². The minimum absolute atomic E-state index is 0.0188. The second-order valence-corrected chi connectivity index (χ2v) is 11.3. The molecular formula is C25H36N4O5S. The van der Waals surface area contributed by atoms with Gasteiger partial charge in [-0.05, 0) is 50.4 Å². The van der Waals surface area contributed by atoms with Gasteiger partial charge in [0, 0.05) is 50.9 Å². The fraction of sp³-hybridized carbons (Fsp3) is 0.600. The molecule has 2 saturated heterocycles. The molecule has 9 nitrogen and oxygen atoms in total. The van der Waals surface area contributed by atoms with Crippen LogP contribution in [0, 0.1) is 0 Å². The highest BCUT2D eigenvalue weighted by Crippen LogP contribution is 2.22. The van der Waals surface area contributed by atoms with E-state index >= 15 is 0 Å². The molecule has 0 saturated carbocycles. The standard InChI is InChI=1S/C25H36N4O5S/c1-3-19-7-4-5-11-28(19)12-6-10-26-25(31)22-18-27(2)23-9-8-20(17-21(23)24(22)30)35(32,33)29-13-15-34-16-14-29/h8-9,17-19H,3-7,10-16H2,1-2H3,(H,26,31)/t19-/m0/s1. The van der Waals surface area contributed by atoms with Crippen molar-refractivity contribution in [1.29, 1.82) is 0 Å². The van der Waals surface area contributed by atoms with Gasteiger partial charge in [-0.25, -0.2) is 8.42 Å². The van der Waals surface area contributed by atoms with Crippen LogP contribution in [0.2, 0.25) is 0 Å². The number of likely N-dealkylation sites (tertiary alicyclic amines) is 1. The third kappa shape index (κ3) is 5.61. The summed E-state index contributed by atoms with van der Waals surface area (Å²) in [5.74, 6) is -0.431. The van der Waals surface area contributed by atoms with Gasteiger partial charge in [0.05, 0.1) is 23.6 Å². The number of ether oxygens (including phenoxy) is 1. The Bertz CT molecular complexity index is 1220. The predicted octanol–water partition coefficient (Wildman–Crippen LogP) is 1.94. The van der Waals surface area contributed by atoms with Crippen LogP contribution >= 0.6 is 0 Å². The Morgan fingerprint density at radius 3 is 2.69 bits per heavy atom. The van der Waals surface area contributed by atoms with Crippen LogP contribution < -0.4 is 10.7 Å². The number of carbonyl (C=O) groups excluding carboxylic acids is 1. The summed E-state index contributed by atoms with van der Waals surface area (Å²) in [6.07, 6.45) is 7.22. The van der Waals surface area contributed by atoms with Gasteiger partial charge in [-0.1, -0.05) is 13.3 Å². The van der Waals surface area contributed by atoms with Crippen molar-refractivity contribution in [1.82, 2.24) is 19.1 Å². The van der Waals surface area contributed by atoms with Gasteiger partial charge in [-0.3, -0.25) is 9.59 Å². The summed E-state index contributed by atoms with van der Waals surface area (Å²) in [6.45, 7) is 5.97. The monoisotopic (exact) mass is 504 g/mol. The third-order valence-corrected chi connectivity index (χ3v) is 9.04. The Balaban J connectivity index is 1.49. The number of hydrogen-bond donors (Lipinski definition) is 1. The second-order valence-electron chi connectivity index (χ2n) is 9.38. The molecule has 0 unspecified atom stereocenters. The molecule has 2 fully saturated rings. The minimum Gasteiger partial charge on any atom is -0.379 e. The number of amides is 1. The van der Waals surface area contributed by atoms with Crippen molar-refractivity contribution in [2.24, 2.45) is 7.05 Å². The number of benzene rings is 1. The molecule has 4 rings (SSSR count). The van der Waals surface area contributed by atoms with Crippen molar-refractivity contribution in [3.05, 3.63) is 40.2 Å². The number of aryl methyl sites for hydroxylation is 1. The van der Waals surface area contributed by atoms with Gasteiger partial charge < -0.3 is 19.5 Å². The summed E-state index contributed by atoms with van der Waals surface area (Å²) in [7, 11) is -2.01. The first-order chi connectivity index (χ1) is 16.8. The van der Waals surface area contributed by atoms with Gasteiger partial charge in [-0.2, -0.15) is 4.31 Å². The molecule has 10 heteroatoms. The van der Waals surface area contributed by atoms with Crippen LogP contribution in [0.25, 0.3) is 10.9 Å². The Morgan fingerprint density at radius 1 is 1.17 bits per heavy atom. The van der Waals surface area contributed by atoms with Crippen molar-refractivity contribution < 1.29 is 17.9 Å². The zero-order valence-electron chi connectivity index (χ0n) is 20.7. The maximum Gasteiger partial charge on any atom is 0.256 e. The maximum absolute atomic E-state index is 13.2. The van der Waals surface area contributed by atoms with Crippen LogP contribution in [0.4, 0.5) is 0 Å². The summed E-state index contributed by atoms with van der Waals surface area (Å²) < 4.78 is 34.5. The molecule has 1 amide bonds. The molecule has 1 aromatic heterocycles. The number of piperidine rings is 1. The van der Waals surface area contributed by atoms with Crippen LogP contribution in [0.3, 0.4) is 0 Å². The number of pyridine rings is 1. The van der Waals surface area contributed by atoms with Crippen LogP contribution in [0.5, 0.6) is 0 Å². The quantitative estimate of drug-likeness (QED) is 0.552. The molecule has 192 valence electrons. The first-order valence-corrected chi connectivity index (χ1v) is 14.0. The van der Waals surface area contributed by atoms with E-state index < -0.39 is 21.4 Å². The average molecular weight is 505 g/mol. The van der Waals surface area contributed by atoms with Gasteiger partial charge in [0.1, 0.15) is 5.56 Å². The Kier molecular flexibility index (Phi) is 8.26. The maximum atomic E-state index is 13.2. The lowest BCUT2D eigenvalue weighted by atomic mass is 10.00. The molecule has 0 radical (unpaired) electrons. The van der Waals surface area contributed by atoms with Crippen molar-refractivity contribution in [3.8, 4) is 0 Å². The van der Waals surface area contributed by atoms with Crippen LogP contribution in [0.1, 0.15) is 49.4 Å². The normalized spacial score (nSPS) is 20.2. The smallest absolute Gasteiger partial charge is 0.256 e. The molecule has 0 spiro atoms. The fourth-order valence-corrected chi connectivity index (χ4v) is 6.56. The van der Waals surface area contributed by atoms with Crippen molar-refractivity contribution in [3.63, 3.8) is 0 Å².